The SMILES string of the molecule is COc1ccc(S(=O)(=O)N2CCN(CC3(O)CCNC3)CC2)cc1. The van der Waals surface area contributed by atoms with Crippen LogP contribution in [0.25, 0.3) is 0 Å². The molecule has 0 radical (unpaired) electrons. The van der Waals surface area contributed by atoms with Gasteiger partial charge in [0.2, 0.25) is 10.0 Å². The van der Waals surface area contributed by atoms with E-state index in [1.807, 2.05) is 0 Å². The number of benzene rings is 1. The van der Waals surface area contributed by atoms with Gasteiger partial charge in [-0.2, -0.15) is 4.31 Å². The molecule has 0 spiro atoms. The van der Waals surface area contributed by atoms with Crippen LogP contribution in [-0.2, 0) is 10.0 Å². The summed E-state index contributed by atoms with van der Waals surface area (Å²) in [6, 6.07) is 6.47. The topological polar surface area (TPSA) is 82.1 Å². The number of methoxy groups -OCH3 is 1. The van der Waals surface area contributed by atoms with Gasteiger partial charge >= 0.3 is 0 Å². The highest BCUT2D eigenvalue weighted by molar-refractivity contribution is 7.89. The highest BCUT2D eigenvalue weighted by atomic mass is 32.2. The van der Waals surface area contributed by atoms with E-state index in [1.54, 1.807) is 31.4 Å². The second kappa shape index (κ2) is 6.97. The molecule has 2 heterocycles. The van der Waals surface area contributed by atoms with E-state index in [0.717, 1.165) is 13.0 Å². The van der Waals surface area contributed by atoms with Gasteiger partial charge < -0.3 is 15.2 Å². The largest absolute Gasteiger partial charge is 0.497 e. The Bertz CT molecular complexity index is 648. The fraction of sp³-hybridized carbons (Fsp3) is 0.625. The first kappa shape index (κ1) is 17.6. The third-order valence-corrected chi connectivity index (χ3v) is 6.68. The number of aliphatic hydroxyl groups is 1. The Morgan fingerprint density at radius 1 is 1.21 bits per heavy atom. The minimum absolute atomic E-state index is 0.287. The maximum absolute atomic E-state index is 12.7. The molecule has 0 saturated carbocycles. The summed E-state index contributed by atoms with van der Waals surface area (Å²) in [7, 11) is -1.92. The Balaban J connectivity index is 1.60. The van der Waals surface area contributed by atoms with Crippen molar-refractivity contribution in [1.29, 1.82) is 0 Å². The number of piperazine rings is 1. The van der Waals surface area contributed by atoms with Crippen LogP contribution in [0.1, 0.15) is 6.42 Å². The summed E-state index contributed by atoms with van der Waals surface area (Å²) in [5.41, 5.74) is -0.684. The van der Waals surface area contributed by atoms with E-state index in [0.29, 0.717) is 45.0 Å². The molecule has 0 bridgehead atoms. The number of ether oxygens (including phenoxy) is 1. The van der Waals surface area contributed by atoms with Crippen molar-refractivity contribution in [2.75, 3.05) is 52.9 Å². The highest BCUT2D eigenvalue weighted by Crippen LogP contribution is 2.22. The summed E-state index contributed by atoms with van der Waals surface area (Å²) in [5, 5.41) is 13.6. The molecule has 0 aromatic heterocycles. The van der Waals surface area contributed by atoms with Crippen LogP contribution in [0.4, 0.5) is 0 Å². The minimum Gasteiger partial charge on any atom is -0.497 e. The van der Waals surface area contributed by atoms with Crippen molar-refractivity contribution >= 4 is 10.0 Å². The van der Waals surface area contributed by atoms with E-state index >= 15 is 0 Å². The lowest BCUT2D eigenvalue weighted by Gasteiger charge is -2.37. The third-order valence-electron chi connectivity index (χ3n) is 4.77. The first-order valence-corrected chi connectivity index (χ1v) is 9.67. The zero-order valence-corrected chi connectivity index (χ0v) is 14.8. The summed E-state index contributed by atoms with van der Waals surface area (Å²) in [5.74, 6) is 0.636. The van der Waals surface area contributed by atoms with E-state index in [-0.39, 0.29) is 4.90 Å². The quantitative estimate of drug-likeness (QED) is 0.756. The smallest absolute Gasteiger partial charge is 0.243 e. The van der Waals surface area contributed by atoms with Crippen LogP contribution in [0.15, 0.2) is 29.2 Å². The van der Waals surface area contributed by atoms with E-state index in [2.05, 4.69) is 10.2 Å². The normalized spacial score (nSPS) is 26.6. The molecular formula is C16H25N3O4S. The number of β-amino-alcohol motifs (C(OH)–C–C–N with tert-alkyl or cyclic N) is 1. The number of nitrogens with zero attached hydrogens (tertiary/aromatic N) is 2. The average molecular weight is 355 g/mol. The zero-order valence-electron chi connectivity index (χ0n) is 13.9. The lowest BCUT2D eigenvalue weighted by atomic mass is 10.0. The maximum Gasteiger partial charge on any atom is 0.243 e. The number of rotatable bonds is 5. The van der Waals surface area contributed by atoms with Gasteiger partial charge in [0.1, 0.15) is 5.75 Å². The van der Waals surface area contributed by atoms with E-state index in [9.17, 15) is 13.5 Å². The van der Waals surface area contributed by atoms with Gasteiger partial charge in [0, 0.05) is 39.3 Å². The van der Waals surface area contributed by atoms with Gasteiger partial charge in [-0.25, -0.2) is 8.42 Å². The molecule has 24 heavy (non-hydrogen) atoms. The van der Waals surface area contributed by atoms with E-state index in [1.165, 1.54) is 4.31 Å². The molecule has 2 aliphatic rings. The fourth-order valence-corrected chi connectivity index (χ4v) is 4.73. The molecular weight excluding hydrogens is 330 g/mol. The Morgan fingerprint density at radius 2 is 1.88 bits per heavy atom. The lowest BCUT2D eigenvalue weighted by Crippen LogP contribution is -2.53. The fourth-order valence-electron chi connectivity index (χ4n) is 3.31. The molecule has 1 unspecified atom stereocenters. The van der Waals surface area contributed by atoms with Crippen LogP contribution < -0.4 is 10.1 Å². The highest BCUT2D eigenvalue weighted by Gasteiger charge is 2.35. The van der Waals surface area contributed by atoms with Crippen molar-refractivity contribution in [2.24, 2.45) is 0 Å². The van der Waals surface area contributed by atoms with E-state index in [4.69, 9.17) is 4.74 Å². The van der Waals surface area contributed by atoms with Crippen molar-refractivity contribution in [2.45, 2.75) is 16.9 Å². The van der Waals surface area contributed by atoms with Crippen molar-refractivity contribution in [3.63, 3.8) is 0 Å². The molecule has 1 aromatic carbocycles. The maximum atomic E-state index is 12.7. The first-order chi connectivity index (χ1) is 11.4. The number of hydrogen-bond donors (Lipinski definition) is 2. The van der Waals surface area contributed by atoms with Gasteiger partial charge in [-0.3, -0.25) is 4.90 Å². The molecule has 2 saturated heterocycles. The average Bonchev–Trinajstić information content (AvgIpc) is 3.01. The minimum atomic E-state index is -3.48. The number of nitrogens with one attached hydrogen (secondary N) is 1. The lowest BCUT2D eigenvalue weighted by molar-refractivity contribution is 0.0123. The first-order valence-electron chi connectivity index (χ1n) is 8.23. The van der Waals surface area contributed by atoms with Gasteiger partial charge in [-0.1, -0.05) is 0 Å². The van der Waals surface area contributed by atoms with Crippen molar-refractivity contribution in [3.8, 4) is 5.75 Å². The van der Waals surface area contributed by atoms with Crippen LogP contribution in [0, 0.1) is 0 Å². The van der Waals surface area contributed by atoms with Gasteiger partial charge in [-0.15, -0.1) is 0 Å². The summed E-state index contributed by atoms with van der Waals surface area (Å²) in [4.78, 5) is 2.43. The molecule has 2 fully saturated rings. The van der Waals surface area contributed by atoms with Crippen LogP contribution in [0.5, 0.6) is 5.75 Å². The third kappa shape index (κ3) is 3.73. The number of sulfonamides is 1. The van der Waals surface area contributed by atoms with E-state index < -0.39 is 15.6 Å². The standard InChI is InChI=1S/C16H25N3O4S/c1-23-14-2-4-15(5-3-14)24(21,22)19-10-8-18(9-11-19)13-16(20)6-7-17-12-16/h2-5,17,20H,6-13H2,1H3. The molecule has 7 nitrogen and oxygen atoms in total. The van der Waals surface area contributed by atoms with Crippen molar-refractivity contribution in [3.05, 3.63) is 24.3 Å². The monoisotopic (exact) mass is 355 g/mol. The molecule has 134 valence electrons. The molecule has 1 atom stereocenters. The van der Waals surface area contributed by atoms with Crippen LogP contribution in [0.2, 0.25) is 0 Å². The Labute approximate surface area is 143 Å². The molecule has 1 aromatic rings. The molecule has 2 N–H and O–H groups in total. The van der Waals surface area contributed by atoms with Gasteiger partial charge in [-0.05, 0) is 37.2 Å². The Kier molecular flexibility index (Phi) is 5.12. The van der Waals surface area contributed by atoms with Crippen LogP contribution >= 0.6 is 0 Å². The zero-order chi connectivity index (χ0) is 17.2. The van der Waals surface area contributed by atoms with Gasteiger partial charge in [0.25, 0.3) is 0 Å². The van der Waals surface area contributed by atoms with Crippen LogP contribution in [-0.4, -0.2) is 81.3 Å². The second-order valence-corrected chi connectivity index (χ2v) is 8.44. The summed E-state index contributed by atoms with van der Waals surface area (Å²) >= 11 is 0. The second-order valence-electron chi connectivity index (χ2n) is 6.51. The predicted octanol–water partition coefficient (Wildman–Crippen LogP) is -0.274. The van der Waals surface area contributed by atoms with Crippen molar-refractivity contribution in [1.82, 2.24) is 14.5 Å². The molecule has 8 heteroatoms. The molecule has 0 amide bonds. The molecule has 3 rings (SSSR count). The number of hydrogen-bond acceptors (Lipinski definition) is 6. The van der Waals surface area contributed by atoms with Gasteiger partial charge in [0.05, 0.1) is 17.6 Å². The summed E-state index contributed by atoms with van der Waals surface area (Å²) in [6.45, 7) is 4.20. The van der Waals surface area contributed by atoms with Crippen LogP contribution in [0.3, 0.4) is 0 Å². The predicted molar refractivity (Wildman–Crippen MR) is 90.6 cm³/mol. The van der Waals surface area contributed by atoms with Crippen molar-refractivity contribution < 1.29 is 18.3 Å². The summed E-state index contributed by atoms with van der Waals surface area (Å²) in [6.07, 6.45) is 0.747. The Morgan fingerprint density at radius 3 is 2.42 bits per heavy atom. The summed E-state index contributed by atoms with van der Waals surface area (Å²) < 4.78 is 32.0. The molecule has 2 aliphatic heterocycles. The Hall–Kier alpha value is -1.19. The molecule has 0 aliphatic carbocycles. The van der Waals surface area contributed by atoms with Gasteiger partial charge in [0.15, 0.2) is 0 Å².